The Morgan fingerprint density at radius 2 is 2.06 bits per heavy atom. The van der Waals surface area contributed by atoms with Gasteiger partial charge in [0.2, 0.25) is 0 Å². The van der Waals surface area contributed by atoms with E-state index >= 15 is 0 Å². The van der Waals surface area contributed by atoms with Crippen LogP contribution in [-0.4, -0.2) is 28.1 Å². The van der Waals surface area contributed by atoms with Crippen molar-refractivity contribution in [3.05, 3.63) is 23.8 Å². The molecule has 7 heteroatoms. The van der Waals surface area contributed by atoms with Crippen LogP contribution in [0.25, 0.3) is 0 Å². The third kappa shape index (κ3) is 3.34. The first-order valence-corrected chi connectivity index (χ1v) is 7.01. The Morgan fingerprint density at radius 3 is 2.53 bits per heavy atom. The van der Waals surface area contributed by atoms with E-state index < -0.39 is 15.0 Å². The Hall–Kier alpha value is -1.27. The van der Waals surface area contributed by atoms with Gasteiger partial charge in [-0.2, -0.15) is 0 Å². The lowest BCUT2D eigenvalue weighted by Crippen LogP contribution is -2.08. The van der Waals surface area contributed by atoms with Crippen LogP contribution in [0.2, 0.25) is 0 Å². The van der Waals surface area contributed by atoms with Crippen molar-refractivity contribution in [1.82, 2.24) is 0 Å². The summed E-state index contributed by atoms with van der Waals surface area (Å²) in [6.07, 6.45) is 0. The van der Waals surface area contributed by atoms with E-state index in [1.807, 2.05) is 0 Å². The summed E-state index contributed by atoms with van der Waals surface area (Å²) in [5.41, 5.74) is 0.0241. The Kier molecular flexibility index (Phi) is 4.36. The number of hydrogen-bond acceptors (Lipinski definition) is 5. The van der Waals surface area contributed by atoms with Gasteiger partial charge < -0.3 is 9.47 Å². The molecule has 0 aliphatic carbocycles. The maximum Gasteiger partial charge on any atom is 0.341 e. The molecular weight excluding hydrogens is 268 g/mol. The molecule has 0 amide bonds. The molecule has 1 aromatic carbocycles. The van der Waals surface area contributed by atoms with Gasteiger partial charge in [0.05, 0.1) is 18.6 Å². The van der Waals surface area contributed by atoms with E-state index in [1.54, 1.807) is 6.92 Å². The summed E-state index contributed by atoms with van der Waals surface area (Å²) in [6, 6.07) is 3.73. The number of carbonyl (C=O) groups is 1. The highest BCUT2D eigenvalue weighted by molar-refractivity contribution is 8.13. The van der Waals surface area contributed by atoms with E-state index in [2.05, 4.69) is 0 Å². The summed E-state index contributed by atoms with van der Waals surface area (Å²) in [7, 11) is 2.67. The fourth-order valence-corrected chi connectivity index (χ4v) is 1.98. The fraction of sp³-hybridized carbons (Fsp3) is 0.300. The molecular formula is C10H11ClO5S. The van der Waals surface area contributed by atoms with Crippen molar-refractivity contribution in [2.75, 3.05) is 13.7 Å². The summed E-state index contributed by atoms with van der Waals surface area (Å²) in [4.78, 5) is 11.4. The minimum Gasteiger partial charge on any atom is -0.496 e. The second-order valence-corrected chi connectivity index (χ2v) is 5.59. The average molecular weight is 279 g/mol. The van der Waals surface area contributed by atoms with Crippen LogP contribution in [0.3, 0.4) is 0 Å². The van der Waals surface area contributed by atoms with Crippen LogP contribution in [0.15, 0.2) is 23.1 Å². The van der Waals surface area contributed by atoms with Crippen LogP contribution in [0.1, 0.15) is 17.3 Å². The molecule has 94 valence electrons. The number of esters is 1. The van der Waals surface area contributed by atoms with Gasteiger partial charge in [0.1, 0.15) is 11.3 Å². The van der Waals surface area contributed by atoms with E-state index in [-0.39, 0.29) is 22.8 Å². The molecule has 17 heavy (non-hydrogen) atoms. The second kappa shape index (κ2) is 5.37. The fourth-order valence-electron chi connectivity index (χ4n) is 1.21. The molecule has 0 bridgehead atoms. The molecule has 5 nitrogen and oxygen atoms in total. The predicted octanol–water partition coefficient (Wildman–Crippen LogP) is 1.80. The van der Waals surface area contributed by atoms with Gasteiger partial charge in [-0.15, -0.1) is 0 Å². The van der Waals surface area contributed by atoms with Crippen molar-refractivity contribution >= 4 is 25.7 Å². The Morgan fingerprint density at radius 1 is 1.41 bits per heavy atom. The second-order valence-electron chi connectivity index (χ2n) is 3.02. The van der Waals surface area contributed by atoms with Crippen molar-refractivity contribution in [2.24, 2.45) is 0 Å². The van der Waals surface area contributed by atoms with Gasteiger partial charge in [0.25, 0.3) is 9.05 Å². The van der Waals surface area contributed by atoms with E-state index in [0.717, 1.165) is 6.07 Å². The lowest BCUT2D eigenvalue weighted by atomic mass is 10.2. The number of methoxy groups -OCH3 is 1. The monoisotopic (exact) mass is 278 g/mol. The standard InChI is InChI=1S/C10H11ClO5S/c1-3-16-10(12)8-6-7(17(11,13)14)4-5-9(8)15-2/h4-6H,3H2,1-2H3. The van der Waals surface area contributed by atoms with E-state index in [0.29, 0.717) is 0 Å². The van der Waals surface area contributed by atoms with Crippen molar-refractivity contribution in [2.45, 2.75) is 11.8 Å². The minimum atomic E-state index is -3.89. The zero-order chi connectivity index (χ0) is 13.1. The van der Waals surface area contributed by atoms with Gasteiger partial charge >= 0.3 is 5.97 Å². The third-order valence-electron chi connectivity index (χ3n) is 1.95. The molecule has 0 saturated carbocycles. The van der Waals surface area contributed by atoms with Crippen molar-refractivity contribution < 1.29 is 22.7 Å². The number of ether oxygens (including phenoxy) is 2. The van der Waals surface area contributed by atoms with Crippen LogP contribution in [-0.2, 0) is 13.8 Å². The molecule has 0 aliphatic rings. The lowest BCUT2D eigenvalue weighted by Gasteiger charge is -2.08. The van der Waals surface area contributed by atoms with E-state index in [4.69, 9.17) is 20.2 Å². The van der Waals surface area contributed by atoms with Crippen molar-refractivity contribution in [3.63, 3.8) is 0 Å². The highest BCUT2D eigenvalue weighted by Gasteiger charge is 2.18. The number of carbonyl (C=O) groups excluding carboxylic acids is 1. The first-order chi connectivity index (χ1) is 7.90. The topological polar surface area (TPSA) is 69.7 Å². The molecule has 0 radical (unpaired) electrons. The number of benzene rings is 1. The number of halogens is 1. The van der Waals surface area contributed by atoms with Gasteiger partial charge in [-0.1, -0.05) is 0 Å². The first-order valence-electron chi connectivity index (χ1n) is 4.70. The van der Waals surface area contributed by atoms with Gasteiger partial charge in [-0.3, -0.25) is 0 Å². The van der Waals surface area contributed by atoms with Crippen LogP contribution >= 0.6 is 10.7 Å². The van der Waals surface area contributed by atoms with Crippen LogP contribution in [0, 0.1) is 0 Å². The van der Waals surface area contributed by atoms with Crippen LogP contribution in [0.4, 0.5) is 0 Å². The third-order valence-corrected chi connectivity index (χ3v) is 3.30. The zero-order valence-corrected chi connectivity index (χ0v) is 10.8. The normalized spacial score (nSPS) is 11.0. The molecule has 0 aromatic heterocycles. The first kappa shape index (κ1) is 13.8. The summed E-state index contributed by atoms with van der Waals surface area (Å²) in [5.74, 6) is -0.431. The smallest absolute Gasteiger partial charge is 0.341 e. The zero-order valence-electron chi connectivity index (χ0n) is 9.27. The summed E-state index contributed by atoms with van der Waals surface area (Å²) >= 11 is 0. The van der Waals surface area contributed by atoms with Gasteiger partial charge in [-0.05, 0) is 25.1 Å². The molecule has 0 atom stereocenters. The molecule has 1 rings (SSSR count). The van der Waals surface area contributed by atoms with Crippen LogP contribution in [0.5, 0.6) is 5.75 Å². The molecule has 1 aromatic rings. The predicted molar refractivity (Wildman–Crippen MR) is 62.0 cm³/mol. The SMILES string of the molecule is CCOC(=O)c1cc(S(=O)(=O)Cl)ccc1OC. The molecule has 0 saturated heterocycles. The van der Waals surface area contributed by atoms with Crippen molar-refractivity contribution in [3.8, 4) is 5.75 Å². The Bertz CT molecular complexity index is 523. The largest absolute Gasteiger partial charge is 0.496 e. The summed E-state index contributed by atoms with van der Waals surface area (Å²) in [6.45, 7) is 1.83. The molecule has 0 heterocycles. The highest BCUT2D eigenvalue weighted by atomic mass is 35.7. The van der Waals surface area contributed by atoms with Gasteiger partial charge in [0, 0.05) is 10.7 Å². The Balaban J connectivity index is 3.30. The molecule has 0 fully saturated rings. The minimum absolute atomic E-state index is 0.0241. The molecule has 0 N–H and O–H groups in total. The maximum atomic E-state index is 11.6. The number of rotatable bonds is 4. The molecule has 0 unspecified atom stereocenters. The van der Waals surface area contributed by atoms with E-state index in [9.17, 15) is 13.2 Å². The van der Waals surface area contributed by atoms with Crippen molar-refractivity contribution in [1.29, 1.82) is 0 Å². The van der Waals surface area contributed by atoms with Gasteiger partial charge in [0.15, 0.2) is 0 Å². The van der Waals surface area contributed by atoms with Crippen LogP contribution < -0.4 is 4.74 Å². The highest BCUT2D eigenvalue weighted by Crippen LogP contribution is 2.25. The quantitative estimate of drug-likeness (QED) is 0.620. The van der Waals surface area contributed by atoms with E-state index in [1.165, 1.54) is 19.2 Å². The maximum absolute atomic E-state index is 11.6. The summed E-state index contributed by atoms with van der Waals surface area (Å²) in [5, 5.41) is 0. The van der Waals surface area contributed by atoms with Gasteiger partial charge in [-0.25, -0.2) is 13.2 Å². The average Bonchev–Trinajstić information content (AvgIpc) is 2.27. The Labute approximate surface area is 104 Å². The molecule has 0 aliphatic heterocycles. The lowest BCUT2D eigenvalue weighted by molar-refractivity contribution is 0.0522. The number of hydrogen-bond donors (Lipinski definition) is 0. The summed E-state index contributed by atoms with van der Waals surface area (Å²) < 4.78 is 32.0. The molecule has 0 spiro atoms.